The van der Waals surface area contributed by atoms with E-state index in [-0.39, 0.29) is 11.2 Å². The van der Waals surface area contributed by atoms with Gasteiger partial charge in [0, 0.05) is 37.8 Å². The molecule has 0 aliphatic carbocycles. The van der Waals surface area contributed by atoms with Crippen molar-refractivity contribution >= 4 is 40.3 Å². The number of hydrogen-bond donors (Lipinski definition) is 4. The second kappa shape index (κ2) is 18.9. The van der Waals surface area contributed by atoms with Gasteiger partial charge in [0.1, 0.15) is 0 Å². The number of para-hydroxylation sites is 1. The highest BCUT2D eigenvalue weighted by Crippen LogP contribution is 2.31. The molecular weight excluding hydrogens is 604 g/mol. The molecule has 0 saturated carbocycles. The number of unbranched alkanes of at least 4 members (excludes halogenated alkanes) is 8. The van der Waals surface area contributed by atoms with E-state index in [0.717, 1.165) is 44.2 Å². The molecule has 4 N–H and O–H groups in total. The van der Waals surface area contributed by atoms with Gasteiger partial charge in [-0.25, -0.2) is 4.63 Å². The van der Waals surface area contributed by atoms with Crippen LogP contribution in [0, 0.1) is 10.1 Å². The summed E-state index contributed by atoms with van der Waals surface area (Å²) in [6.07, 6.45) is 11.1. The topological polar surface area (TPSA) is 187 Å². The van der Waals surface area contributed by atoms with Gasteiger partial charge in [0.2, 0.25) is 23.4 Å². The third-order valence-electron chi connectivity index (χ3n) is 7.66. The van der Waals surface area contributed by atoms with Crippen molar-refractivity contribution in [2.45, 2.75) is 77.7 Å². The van der Waals surface area contributed by atoms with Crippen molar-refractivity contribution in [2.24, 2.45) is 0 Å². The molecule has 0 amide bonds. The van der Waals surface area contributed by atoms with Crippen molar-refractivity contribution < 1.29 is 19.0 Å². The molecule has 15 nitrogen and oxygen atoms in total. The third kappa shape index (κ3) is 10.5. The maximum absolute atomic E-state index is 11.2. The van der Waals surface area contributed by atoms with Crippen molar-refractivity contribution in [3.05, 3.63) is 46.0 Å². The minimum Gasteiger partial charge on any atom is -0.493 e. The summed E-state index contributed by atoms with van der Waals surface area (Å²) in [4.78, 5) is 24.5. The molecule has 0 atom stereocenters. The SMILES string of the molecule is CCCCCCCCNc1nc(NCCCCCCNc2ccc([N+](=O)[O-])c3nonc23)nc(NCc2cccc(OC)c2OC)n1. The van der Waals surface area contributed by atoms with Crippen LogP contribution < -0.4 is 30.7 Å². The van der Waals surface area contributed by atoms with Crippen LogP contribution in [0.25, 0.3) is 11.0 Å². The molecule has 4 aromatic rings. The molecule has 2 aromatic heterocycles. The zero-order chi connectivity index (χ0) is 33.3. The fourth-order valence-corrected chi connectivity index (χ4v) is 5.16. The first kappa shape index (κ1) is 34.9. The first-order valence-corrected chi connectivity index (χ1v) is 16.3. The molecule has 0 aliphatic heterocycles. The van der Waals surface area contributed by atoms with E-state index in [2.05, 4.69) is 53.5 Å². The largest absolute Gasteiger partial charge is 0.493 e. The van der Waals surface area contributed by atoms with Crippen LogP contribution in [0.2, 0.25) is 0 Å². The zero-order valence-corrected chi connectivity index (χ0v) is 27.5. The molecule has 2 aromatic carbocycles. The number of hydrogen-bond acceptors (Lipinski definition) is 14. The number of anilines is 4. The van der Waals surface area contributed by atoms with Crippen LogP contribution in [0.5, 0.6) is 11.5 Å². The van der Waals surface area contributed by atoms with E-state index in [1.54, 1.807) is 20.3 Å². The Kier molecular flexibility index (Phi) is 14.0. The molecular formula is C32H46N10O5. The highest BCUT2D eigenvalue weighted by atomic mass is 16.6. The monoisotopic (exact) mass is 650 g/mol. The molecule has 47 heavy (non-hydrogen) atoms. The van der Waals surface area contributed by atoms with E-state index in [1.807, 2.05) is 18.2 Å². The summed E-state index contributed by atoms with van der Waals surface area (Å²) in [5.41, 5.74) is 1.96. The number of nitro benzene ring substituents is 1. The van der Waals surface area contributed by atoms with Gasteiger partial charge in [-0.1, -0.05) is 64.0 Å². The van der Waals surface area contributed by atoms with Crippen LogP contribution in [0.15, 0.2) is 35.0 Å². The fraction of sp³-hybridized carbons (Fsp3) is 0.531. The van der Waals surface area contributed by atoms with Crippen molar-refractivity contribution in [2.75, 3.05) is 55.1 Å². The Balaban J connectivity index is 1.25. The Bertz CT molecular complexity index is 1550. The number of nitro groups is 1. The van der Waals surface area contributed by atoms with E-state index in [4.69, 9.17) is 14.1 Å². The van der Waals surface area contributed by atoms with Crippen LogP contribution >= 0.6 is 0 Å². The maximum Gasteiger partial charge on any atom is 0.300 e. The normalized spacial score (nSPS) is 11.0. The van der Waals surface area contributed by atoms with E-state index >= 15 is 0 Å². The third-order valence-corrected chi connectivity index (χ3v) is 7.66. The molecule has 0 spiro atoms. The number of nitrogens with one attached hydrogen (secondary N) is 4. The van der Waals surface area contributed by atoms with E-state index in [1.165, 1.54) is 38.2 Å². The van der Waals surface area contributed by atoms with Gasteiger partial charge in [-0.3, -0.25) is 10.1 Å². The average molecular weight is 651 g/mol. The zero-order valence-electron chi connectivity index (χ0n) is 27.5. The number of aromatic nitrogens is 5. The number of fused-ring (bicyclic) bond motifs is 1. The second-order valence-electron chi connectivity index (χ2n) is 11.1. The lowest BCUT2D eigenvalue weighted by atomic mass is 10.1. The number of non-ortho nitro benzene ring substituents is 1. The number of benzene rings is 2. The van der Waals surface area contributed by atoms with Crippen LogP contribution in [0.3, 0.4) is 0 Å². The summed E-state index contributed by atoms with van der Waals surface area (Å²) in [5.74, 6) is 2.84. The highest BCUT2D eigenvalue weighted by Gasteiger charge is 2.19. The molecule has 15 heteroatoms. The Morgan fingerprint density at radius 3 is 1.94 bits per heavy atom. The van der Waals surface area contributed by atoms with Gasteiger partial charge in [0.15, 0.2) is 17.0 Å². The lowest BCUT2D eigenvalue weighted by Crippen LogP contribution is -2.14. The first-order chi connectivity index (χ1) is 23.0. The van der Waals surface area contributed by atoms with Crippen LogP contribution in [-0.2, 0) is 6.54 Å². The standard InChI is InChI=1S/C32H46N10O5/c1-4-5-6-7-8-12-20-34-30-37-31(39-32(38-30)36-22-23-15-14-16-26(45-2)29(23)46-3)35-21-13-10-9-11-19-33-24-17-18-25(42(43)44)28-27(24)40-47-41-28/h14-18,33H,4-13,19-22H2,1-3H3,(H3,34,35,36,37,38,39). The molecule has 0 bridgehead atoms. The van der Waals surface area contributed by atoms with Crippen molar-refractivity contribution in [1.29, 1.82) is 0 Å². The molecule has 0 fully saturated rings. The number of ether oxygens (including phenoxy) is 2. The summed E-state index contributed by atoms with van der Waals surface area (Å²) in [5, 5.41) is 32.0. The molecule has 0 saturated heterocycles. The molecule has 4 rings (SSSR count). The van der Waals surface area contributed by atoms with Crippen molar-refractivity contribution in [1.82, 2.24) is 25.3 Å². The summed E-state index contributed by atoms with van der Waals surface area (Å²) in [7, 11) is 3.24. The van der Waals surface area contributed by atoms with Gasteiger partial charge >= 0.3 is 5.69 Å². The van der Waals surface area contributed by atoms with Crippen LogP contribution in [0.1, 0.15) is 76.7 Å². The van der Waals surface area contributed by atoms with E-state index < -0.39 is 4.92 Å². The Morgan fingerprint density at radius 1 is 0.723 bits per heavy atom. The molecule has 0 radical (unpaired) electrons. The summed E-state index contributed by atoms with van der Waals surface area (Å²) < 4.78 is 15.7. The van der Waals surface area contributed by atoms with E-state index in [0.29, 0.717) is 60.2 Å². The molecule has 2 heterocycles. The Hall–Kier alpha value is -4.95. The highest BCUT2D eigenvalue weighted by molar-refractivity contribution is 5.93. The fourth-order valence-electron chi connectivity index (χ4n) is 5.16. The van der Waals surface area contributed by atoms with Crippen LogP contribution in [0.4, 0.5) is 29.2 Å². The first-order valence-electron chi connectivity index (χ1n) is 16.3. The lowest BCUT2D eigenvalue weighted by molar-refractivity contribution is -0.383. The Labute approximate surface area is 274 Å². The smallest absolute Gasteiger partial charge is 0.300 e. The van der Waals surface area contributed by atoms with Gasteiger partial charge in [0.05, 0.1) is 24.8 Å². The summed E-state index contributed by atoms with van der Waals surface area (Å²) in [6.45, 7) is 4.88. The Morgan fingerprint density at radius 2 is 1.32 bits per heavy atom. The van der Waals surface area contributed by atoms with Crippen molar-refractivity contribution in [3.8, 4) is 11.5 Å². The quantitative estimate of drug-likeness (QED) is 0.0372. The molecule has 254 valence electrons. The number of rotatable bonds is 23. The van der Waals surface area contributed by atoms with Gasteiger partial charge in [-0.05, 0) is 41.7 Å². The average Bonchev–Trinajstić information content (AvgIpc) is 3.58. The maximum atomic E-state index is 11.2. The number of nitrogens with zero attached hydrogens (tertiary/aromatic N) is 6. The van der Waals surface area contributed by atoms with Crippen molar-refractivity contribution in [3.63, 3.8) is 0 Å². The number of methoxy groups -OCH3 is 2. The van der Waals surface area contributed by atoms with Gasteiger partial charge in [-0.2, -0.15) is 15.0 Å². The van der Waals surface area contributed by atoms with E-state index in [9.17, 15) is 10.1 Å². The predicted octanol–water partition coefficient (Wildman–Crippen LogP) is 6.80. The summed E-state index contributed by atoms with van der Waals surface area (Å²) in [6, 6.07) is 8.80. The van der Waals surface area contributed by atoms with Gasteiger partial charge in [0.25, 0.3) is 0 Å². The minimum atomic E-state index is -0.494. The van der Waals surface area contributed by atoms with Gasteiger partial charge < -0.3 is 30.7 Å². The van der Waals surface area contributed by atoms with Crippen LogP contribution in [-0.4, -0.2) is 64.0 Å². The second-order valence-corrected chi connectivity index (χ2v) is 11.1. The van der Waals surface area contributed by atoms with Gasteiger partial charge in [-0.15, -0.1) is 0 Å². The lowest BCUT2D eigenvalue weighted by Gasteiger charge is -2.14. The molecule has 0 unspecified atom stereocenters. The molecule has 0 aliphatic rings. The minimum absolute atomic E-state index is 0.127. The predicted molar refractivity (Wildman–Crippen MR) is 182 cm³/mol. The summed E-state index contributed by atoms with van der Waals surface area (Å²) >= 11 is 0.